The molecule has 0 fully saturated rings. The average molecular weight is 208 g/mol. The van der Waals surface area contributed by atoms with Crippen molar-refractivity contribution < 1.29 is 9.53 Å². The van der Waals surface area contributed by atoms with E-state index >= 15 is 0 Å². The number of hydrogen-bond acceptors (Lipinski definition) is 3. The number of rotatable bonds is 5. The van der Waals surface area contributed by atoms with Crippen LogP contribution in [0.3, 0.4) is 0 Å². The first kappa shape index (κ1) is 11.7. The summed E-state index contributed by atoms with van der Waals surface area (Å²) in [6, 6.07) is 9.50. The predicted molar refractivity (Wildman–Crippen MR) is 58.1 cm³/mol. The van der Waals surface area contributed by atoms with Gasteiger partial charge in [-0.05, 0) is 5.56 Å². The van der Waals surface area contributed by atoms with Gasteiger partial charge in [0.2, 0.25) is 5.91 Å². The lowest BCUT2D eigenvalue weighted by molar-refractivity contribution is -0.125. The van der Waals surface area contributed by atoms with Crippen molar-refractivity contribution in [2.45, 2.75) is 12.0 Å². The van der Waals surface area contributed by atoms with Crippen molar-refractivity contribution in [3.05, 3.63) is 35.9 Å². The summed E-state index contributed by atoms with van der Waals surface area (Å²) in [5, 5.41) is 0. The summed E-state index contributed by atoms with van der Waals surface area (Å²) in [5.41, 5.74) is 11.0. The molecule has 4 heteroatoms. The fraction of sp³-hybridized carbons (Fsp3) is 0.364. The molecule has 0 heterocycles. The summed E-state index contributed by atoms with van der Waals surface area (Å²) >= 11 is 0. The van der Waals surface area contributed by atoms with Gasteiger partial charge in [-0.2, -0.15) is 0 Å². The number of methoxy groups -OCH3 is 1. The lowest BCUT2D eigenvalue weighted by atomic mass is 9.92. The third-order valence-electron chi connectivity index (χ3n) is 2.26. The second-order valence-electron chi connectivity index (χ2n) is 3.62. The van der Waals surface area contributed by atoms with Crippen LogP contribution in [0.15, 0.2) is 30.3 Å². The molecule has 0 saturated heterocycles. The first-order valence-electron chi connectivity index (χ1n) is 4.70. The minimum absolute atomic E-state index is 0.122. The smallest absolute Gasteiger partial charge is 0.240 e. The molecule has 1 aromatic rings. The molecule has 0 unspecified atom stereocenters. The van der Waals surface area contributed by atoms with Crippen molar-refractivity contribution in [1.82, 2.24) is 0 Å². The number of ether oxygens (including phenoxy) is 1. The number of benzene rings is 1. The van der Waals surface area contributed by atoms with E-state index in [9.17, 15) is 4.79 Å². The van der Waals surface area contributed by atoms with Crippen LogP contribution in [0.2, 0.25) is 0 Å². The molecule has 4 nitrogen and oxygen atoms in total. The Bertz CT molecular complexity index is 327. The fourth-order valence-electron chi connectivity index (χ4n) is 1.43. The van der Waals surface area contributed by atoms with Gasteiger partial charge in [0.05, 0.1) is 6.61 Å². The van der Waals surface area contributed by atoms with Crippen molar-refractivity contribution in [3.63, 3.8) is 0 Å². The minimum Gasteiger partial charge on any atom is -0.382 e. The number of carbonyl (C=O) groups excluding carboxylic acids is 1. The quantitative estimate of drug-likeness (QED) is 0.718. The third kappa shape index (κ3) is 3.04. The molecule has 0 aliphatic heterocycles. The number of amides is 1. The molecule has 0 spiro atoms. The van der Waals surface area contributed by atoms with Gasteiger partial charge in [-0.15, -0.1) is 0 Å². The molecule has 4 N–H and O–H groups in total. The molecule has 0 aliphatic rings. The number of carbonyl (C=O) groups is 1. The van der Waals surface area contributed by atoms with Crippen molar-refractivity contribution in [2.75, 3.05) is 13.7 Å². The second-order valence-corrected chi connectivity index (χ2v) is 3.62. The van der Waals surface area contributed by atoms with E-state index in [0.29, 0.717) is 6.42 Å². The average Bonchev–Trinajstić information content (AvgIpc) is 2.19. The van der Waals surface area contributed by atoms with E-state index in [2.05, 4.69) is 0 Å². The summed E-state index contributed by atoms with van der Waals surface area (Å²) in [6.45, 7) is 0.122. The minimum atomic E-state index is -1.13. The molecule has 0 aliphatic carbocycles. The first-order chi connectivity index (χ1) is 7.08. The Kier molecular flexibility index (Phi) is 3.82. The zero-order valence-electron chi connectivity index (χ0n) is 8.77. The zero-order chi connectivity index (χ0) is 11.3. The van der Waals surface area contributed by atoms with Gasteiger partial charge in [0.1, 0.15) is 5.54 Å². The fourth-order valence-corrected chi connectivity index (χ4v) is 1.43. The Balaban J connectivity index is 2.80. The van der Waals surface area contributed by atoms with Gasteiger partial charge < -0.3 is 16.2 Å². The summed E-state index contributed by atoms with van der Waals surface area (Å²) in [5.74, 6) is -0.548. The lowest BCUT2D eigenvalue weighted by Crippen LogP contribution is -2.57. The Morgan fingerprint density at radius 1 is 1.40 bits per heavy atom. The van der Waals surface area contributed by atoms with Gasteiger partial charge in [-0.1, -0.05) is 30.3 Å². The summed E-state index contributed by atoms with van der Waals surface area (Å²) in [6.07, 6.45) is 0.386. The van der Waals surface area contributed by atoms with Crippen molar-refractivity contribution in [3.8, 4) is 0 Å². The van der Waals surface area contributed by atoms with Crippen LogP contribution in [0, 0.1) is 0 Å². The Morgan fingerprint density at radius 3 is 2.47 bits per heavy atom. The highest BCUT2D eigenvalue weighted by Gasteiger charge is 2.32. The number of nitrogens with two attached hydrogens (primary N) is 2. The van der Waals surface area contributed by atoms with Crippen molar-refractivity contribution in [1.29, 1.82) is 0 Å². The molecule has 1 aromatic carbocycles. The molecule has 1 rings (SSSR count). The molecule has 15 heavy (non-hydrogen) atoms. The highest BCUT2D eigenvalue weighted by Crippen LogP contribution is 2.11. The van der Waals surface area contributed by atoms with E-state index in [0.717, 1.165) is 5.56 Å². The van der Waals surface area contributed by atoms with E-state index in [1.165, 1.54) is 7.11 Å². The molecule has 0 radical (unpaired) electrons. The van der Waals surface area contributed by atoms with Crippen LogP contribution in [0.1, 0.15) is 5.56 Å². The standard InChI is InChI=1S/C11H16N2O2/c1-15-8-11(13,10(12)14)7-9-5-3-2-4-6-9/h2-6H,7-8,13H2,1H3,(H2,12,14)/t11-/m1/s1. The molecule has 82 valence electrons. The highest BCUT2D eigenvalue weighted by molar-refractivity contribution is 5.85. The van der Waals surface area contributed by atoms with E-state index in [1.807, 2.05) is 30.3 Å². The van der Waals surface area contributed by atoms with Crippen LogP contribution in [-0.4, -0.2) is 25.2 Å². The SMILES string of the molecule is COC[C@](N)(Cc1ccccc1)C(N)=O. The second kappa shape index (κ2) is 4.91. The van der Waals surface area contributed by atoms with Crippen molar-refractivity contribution >= 4 is 5.91 Å². The lowest BCUT2D eigenvalue weighted by Gasteiger charge is -2.24. The van der Waals surface area contributed by atoms with Crippen LogP contribution in [0.4, 0.5) is 0 Å². The Labute approximate surface area is 89.2 Å². The van der Waals surface area contributed by atoms with Gasteiger partial charge in [-0.25, -0.2) is 0 Å². The van der Waals surface area contributed by atoms with Crippen molar-refractivity contribution in [2.24, 2.45) is 11.5 Å². The van der Waals surface area contributed by atoms with Gasteiger partial charge in [0.15, 0.2) is 0 Å². The Hall–Kier alpha value is -1.39. The first-order valence-corrected chi connectivity index (χ1v) is 4.70. The van der Waals surface area contributed by atoms with Gasteiger partial charge in [-0.3, -0.25) is 4.79 Å². The van der Waals surface area contributed by atoms with E-state index < -0.39 is 11.4 Å². The molecule has 0 aromatic heterocycles. The van der Waals surface area contributed by atoms with Gasteiger partial charge >= 0.3 is 0 Å². The Morgan fingerprint density at radius 2 is 2.00 bits per heavy atom. The maximum atomic E-state index is 11.2. The van der Waals surface area contributed by atoms with E-state index in [4.69, 9.17) is 16.2 Å². The van der Waals surface area contributed by atoms with Crippen LogP contribution < -0.4 is 11.5 Å². The molecular weight excluding hydrogens is 192 g/mol. The molecule has 1 atom stereocenters. The van der Waals surface area contributed by atoms with Crippen LogP contribution in [0.5, 0.6) is 0 Å². The van der Waals surface area contributed by atoms with E-state index in [-0.39, 0.29) is 6.61 Å². The summed E-state index contributed by atoms with van der Waals surface area (Å²) < 4.78 is 4.91. The third-order valence-corrected chi connectivity index (χ3v) is 2.26. The molecular formula is C11H16N2O2. The maximum Gasteiger partial charge on any atom is 0.240 e. The predicted octanol–water partition coefficient (Wildman–Crippen LogP) is 0.0583. The molecule has 0 bridgehead atoms. The normalized spacial score (nSPS) is 14.5. The topological polar surface area (TPSA) is 78.3 Å². The molecule has 1 amide bonds. The highest BCUT2D eigenvalue weighted by atomic mass is 16.5. The van der Waals surface area contributed by atoms with Crippen LogP contribution >= 0.6 is 0 Å². The molecule has 0 saturated carbocycles. The van der Waals surface area contributed by atoms with Crippen LogP contribution in [0.25, 0.3) is 0 Å². The van der Waals surface area contributed by atoms with Gasteiger partial charge in [0.25, 0.3) is 0 Å². The maximum absolute atomic E-state index is 11.2. The summed E-state index contributed by atoms with van der Waals surface area (Å²) in [7, 11) is 1.50. The monoisotopic (exact) mass is 208 g/mol. The summed E-state index contributed by atoms with van der Waals surface area (Å²) in [4.78, 5) is 11.2. The largest absolute Gasteiger partial charge is 0.382 e. The number of primary amides is 1. The van der Waals surface area contributed by atoms with Crippen LogP contribution in [-0.2, 0) is 16.0 Å². The van der Waals surface area contributed by atoms with Gasteiger partial charge in [0, 0.05) is 13.5 Å². The zero-order valence-corrected chi connectivity index (χ0v) is 8.77. The number of hydrogen-bond donors (Lipinski definition) is 2. The van der Waals surface area contributed by atoms with E-state index in [1.54, 1.807) is 0 Å².